The number of fused-ring (bicyclic) bond motifs is 2. The van der Waals surface area contributed by atoms with Gasteiger partial charge >= 0.3 is 0 Å². The molecule has 2 bridgehead atoms. The van der Waals surface area contributed by atoms with Gasteiger partial charge in [0.2, 0.25) is 0 Å². The topological polar surface area (TPSA) is 26.7 Å². The first-order valence-electron chi connectivity index (χ1n) is 5.75. The van der Waals surface area contributed by atoms with Crippen molar-refractivity contribution in [3.8, 4) is 0 Å². The normalized spacial score (nSPS) is 35.8. The van der Waals surface area contributed by atoms with E-state index in [2.05, 4.69) is 23.6 Å². The second-order valence-corrected chi connectivity index (χ2v) is 5.14. The van der Waals surface area contributed by atoms with Crippen LogP contribution >= 0.6 is 0 Å². The lowest BCUT2D eigenvalue weighted by Gasteiger charge is -2.36. The molecular formula is C11H22N2O. The summed E-state index contributed by atoms with van der Waals surface area (Å²) in [5.74, 6) is 0. The molecule has 82 valence electrons. The molecule has 0 aliphatic carbocycles. The van der Waals surface area contributed by atoms with E-state index >= 15 is 0 Å². The van der Waals surface area contributed by atoms with Crippen LogP contribution in [-0.4, -0.2) is 58.8 Å². The molecule has 3 unspecified atom stereocenters. The molecule has 2 heterocycles. The second kappa shape index (κ2) is 3.80. The summed E-state index contributed by atoms with van der Waals surface area (Å²) in [6, 6.07) is 2.13. The predicted molar refractivity (Wildman–Crippen MR) is 57.3 cm³/mol. The first-order valence-corrected chi connectivity index (χ1v) is 5.75. The molecule has 2 rings (SSSR count). The van der Waals surface area contributed by atoms with Crippen LogP contribution in [0.4, 0.5) is 0 Å². The molecule has 3 atom stereocenters. The number of nitrogens with zero attached hydrogens (tertiary/aromatic N) is 2. The first-order chi connectivity index (χ1) is 6.58. The van der Waals surface area contributed by atoms with Gasteiger partial charge in [-0.3, -0.25) is 9.80 Å². The first kappa shape index (κ1) is 10.4. The molecule has 0 saturated carbocycles. The van der Waals surface area contributed by atoms with E-state index in [1.54, 1.807) is 0 Å². The number of aliphatic hydroxyl groups is 1. The Hall–Kier alpha value is -0.120. The highest BCUT2D eigenvalue weighted by Crippen LogP contribution is 2.31. The Bertz CT molecular complexity index is 205. The van der Waals surface area contributed by atoms with E-state index in [0.29, 0.717) is 12.1 Å². The Morgan fingerprint density at radius 3 is 2.36 bits per heavy atom. The summed E-state index contributed by atoms with van der Waals surface area (Å²) in [7, 11) is 0. The van der Waals surface area contributed by atoms with Gasteiger partial charge in [-0.15, -0.1) is 0 Å². The number of β-amino-alcohol motifs (C(OH)–C–C–N with tert-alkyl or cyclic N) is 1. The number of hydrogen-bond donors (Lipinski definition) is 1. The lowest BCUT2D eigenvalue weighted by atomic mass is 10.2. The van der Waals surface area contributed by atoms with Gasteiger partial charge in [-0.25, -0.2) is 0 Å². The maximum Gasteiger partial charge on any atom is 0.0639 e. The van der Waals surface area contributed by atoms with Crippen molar-refractivity contribution in [1.29, 1.82) is 0 Å². The SMILES string of the molecule is CC(O)CN1CC2CC1CN2C(C)C. The molecule has 0 spiro atoms. The lowest BCUT2D eigenvalue weighted by Crippen LogP contribution is -2.50. The van der Waals surface area contributed by atoms with Gasteiger partial charge in [-0.1, -0.05) is 0 Å². The van der Waals surface area contributed by atoms with Gasteiger partial charge < -0.3 is 5.11 Å². The molecule has 2 saturated heterocycles. The van der Waals surface area contributed by atoms with Crippen LogP contribution in [0, 0.1) is 0 Å². The van der Waals surface area contributed by atoms with Crippen LogP contribution in [0.1, 0.15) is 27.2 Å². The summed E-state index contributed by atoms with van der Waals surface area (Å²) in [6.07, 6.45) is 1.13. The average molecular weight is 198 g/mol. The van der Waals surface area contributed by atoms with Crippen molar-refractivity contribution in [2.24, 2.45) is 0 Å². The highest BCUT2D eigenvalue weighted by atomic mass is 16.3. The molecule has 2 aliphatic rings. The van der Waals surface area contributed by atoms with Crippen LogP contribution < -0.4 is 0 Å². The van der Waals surface area contributed by atoms with Crippen molar-refractivity contribution in [3.05, 3.63) is 0 Å². The van der Waals surface area contributed by atoms with Gasteiger partial charge in [-0.2, -0.15) is 0 Å². The third kappa shape index (κ3) is 1.81. The highest BCUT2D eigenvalue weighted by molar-refractivity contribution is 5.00. The van der Waals surface area contributed by atoms with Crippen molar-refractivity contribution in [2.45, 2.75) is 51.4 Å². The number of rotatable bonds is 3. The van der Waals surface area contributed by atoms with Gasteiger partial charge in [0, 0.05) is 37.8 Å². The Labute approximate surface area is 86.7 Å². The van der Waals surface area contributed by atoms with Crippen molar-refractivity contribution in [2.75, 3.05) is 19.6 Å². The van der Waals surface area contributed by atoms with Crippen molar-refractivity contribution in [3.63, 3.8) is 0 Å². The maximum absolute atomic E-state index is 9.36. The minimum atomic E-state index is -0.179. The van der Waals surface area contributed by atoms with Gasteiger partial charge in [-0.05, 0) is 27.2 Å². The number of piperazine rings is 1. The minimum absolute atomic E-state index is 0.179. The second-order valence-electron chi connectivity index (χ2n) is 5.14. The van der Waals surface area contributed by atoms with Crippen LogP contribution in [0.3, 0.4) is 0 Å². The lowest BCUT2D eigenvalue weighted by molar-refractivity contribution is 0.0661. The highest BCUT2D eigenvalue weighted by Gasteiger charge is 2.43. The van der Waals surface area contributed by atoms with E-state index in [-0.39, 0.29) is 6.10 Å². The summed E-state index contributed by atoms with van der Waals surface area (Å²) >= 11 is 0. The largest absolute Gasteiger partial charge is 0.392 e. The summed E-state index contributed by atoms with van der Waals surface area (Å²) in [5.41, 5.74) is 0. The molecule has 0 aromatic rings. The Morgan fingerprint density at radius 1 is 1.21 bits per heavy atom. The molecule has 2 aliphatic heterocycles. The maximum atomic E-state index is 9.36. The Kier molecular flexibility index (Phi) is 2.82. The zero-order chi connectivity index (χ0) is 10.3. The smallest absolute Gasteiger partial charge is 0.0639 e. The van der Waals surface area contributed by atoms with Crippen LogP contribution in [0.25, 0.3) is 0 Å². The summed E-state index contributed by atoms with van der Waals surface area (Å²) in [5, 5.41) is 9.36. The summed E-state index contributed by atoms with van der Waals surface area (Å²) in [6.45, 7) is 9.65. The molecule has 0 radical (unpaired) electrons. The zero-order valence-corrected chi connectivity index (χ0v) is 9.48. The van der Waals surface area contributed by atoms with E-state index < -0.39 is 0 Å². The predicted octanol–water partition coefficient (Wildman–Crippen LogP) is 0.534. The van der Waals surface area contributed by atoms with Gasteiger partial charge in [0.05, 0.1) is 6.10 Å². The quantitative estimate of drug-likeness (QED) is 0.717. The molecular weight excluding hydrogens is 176 g/mol. The zero-order valence-electron chi connectivity index (χ0n) is 9.48. The average Bonchev–Trinajstić information content (AvgIpc) is 2.60. The van der Waals surface area contributed by atoms with E-state index in [9.17, 15) is 5.11 Å². The third-order valence-electron chi connectivity index (χ3n) is 3.56. The number of aliphatic hydroxyl groups excluding tert-OH is 1. The Balaban J connectivity index is 1.90. The molecule has 0 amide bonds. The van der Waals surface area contributed by atoms with Crippen LogP contribution in [0.5, 0.6) is 0 Å². The molecule has 3 nitrogen and oxygen atoms in total. The van der Waals surface area contributed by atoms with E-state index in [0.717, 1.165) is 19.1 Å². The van der Waals surface area contributed by atoms with Gasteiger partial charge in [0.15, 0.2) is 0 Å². The minimum Gasteiger partial charge on any atom is -0.392 e. The fraction of sp³-hybridized carbons (Fsp3) is 1.00. The number of likely N-dealkylation sites (tertiary alicyclic amines) is 2. The van der Waals surface area contributed by atoms with Crippen molar-refractivity contribution >= 4 is 0 Å². The van der Waals surface area contributed by atoms with Crippen LogP contribution in [0.15, 0.2) is 0 Å². The van der Waals surface area contributed by atoms with Crippen molar-refractivity contribution < 1.29 is 5.11 Å². The van der Waals surface area contributed by atoms with Gasteiger partial charge in [0.1, 0.15) is 0 Å². The summed E-state index contributed by atoms with van der Waals surface area (Å²) in [4.78, 5) is 5.05. The fourth-order valence-corrected chi connectivity index (χ4v) is 2.98. The standard InChI is InChI=1S/C11H22N2O/c1-8(2)13-7-10-4-11(13)6-12(10)5-9(3)14/h8-11,14H,4-7H2,1-3H3. The van der Waals surface area contributed by atoms with Crippen molar-refractivity contribution in [1.82, 2.24) is 9.80 Å². The van der Waals surface area contributed by atoms with Gasteiger partial charge in [0.25, 0.3) is 0 Å². The fourth-order valence-electron chi connectivity index (χ4n) is 2.98. The van der Waals surface area contributed by atoms with E-state index in [1.807, 2.05) is 6.92 Å². The molecule has 1 N–H and O–H groups in total. The van der Waals surface area contributed by atoms with E-state index in [1.165, 1.54) is 13.0 Å². The van der Waals surface area contributed by atoms with E-state index in [4.69, 9.17) is 0 Å². The summed E-state index contributed by atoms with van der Waals surface area (Å²) < 4.78 is 0. The molecule has 14 heavy (non-hydrogen) atoms. The van der Waals surface area contributed by atoms with Crippen LogP contribution in [-0.2, 0) is 0 Å². The number of hydrogen-bond acceptors (Lipinski definition) is 3. The molecule has 2 fully saturated rings. The monoisotopic (exact) mass is 198 g/mol. The van der Waals surface area contributed by atoms with Crippen LogP contribution in [0.2, 0.25) is 0 Å². The molecule has 0 aromatic heterocycles. The molecule has 0 aromatic carbocycles. The molecule has 3 heteroatoms. The Morgan fingerprint density at radius 2 is 1.93 bits per heavy atom. The third-order valence-corrected chi connectivity index (χ3v) is 3.56.